The maximum atomic E-state index is 4.82. The Morgan fingerprint density at radius 2 is 2.20 bits per heavy atom. The molecule has 1 aromatic heterocycles. The summed E-state index contributed by atoms with van der Waals surface area (Å²) in [6, 6.07) is 6.64. The first-order valence-electron chi connectivity index (χ1n) is 9.35. The lowest BCUT2D eigenvalue weighted by Gasteiger charge is -2.25. The van der Waals surface area contributed by atoms with Crippen molar-refractivity contribution in [3.63, 3.8) is 0 Å². The number of aromatic nitrogens is 1. The third kappa shape index (κ3) is 8.35. The van der Waals surface area contributed by atoms with E-state index in [0.29, 0.717) is 6.04 Å². The summed E-state index contributed by atoms with van der Waals surface area (Å²) in [5.41, 5.74) is 1.11. The van der Waals surface area contributed by atoms with Crippen LogP contribution in [-0.4, -0.2) is 54.6 Å². The molecule has 0 spiro atoms. The molecule has 0 radical (unpaired) electrons. The Morgan fingerprint density at radius 3 is 2.88 bits per heavy atom. The van der Waals surface area contributed by atoms with Crippen molar-refractivity contribution in [3.8, 4) is 0 Å². The Labute approximate surface area is 170 Å². The summed E-state index contributed by atoms with van der Waals surface area (Å²) < 4.78 is 0. The molecule has 0 bridgehead atoms. The first-order chi connectivity index (χ1) is 11.7. The maximum absolute atomic E-state index is 4.82. The number of hydrogen-bond acceptors (Lipinski definition) is 3. The van der Waals surface area contributed by atoms with E-state index in [0.717, 1.165) is 43.6 Å². The molecule has 2 N–H and O–H groups in total. The van der Waals surface area contributed by atoms with Gasteiger partial charge in [0.1, 0.15) is 0 Å². The van der Waals surface area contributed by atoms with E-state index in [1.54, 1.807) is 0 Å². The molecular weight excluding hydrogens is 425 g/mol. The van der Waals surface area contributed by atoms with Gasteiger partial charge in [0.15, 0.2) is 5.96 Å². The molecule has 0 saturated carbocycles. The van der Waals surface area contributed by atoms with Crippen LogP contribution in [0.2, 0.25) is 0 Å². The third-order valence-electron chi connectivity index (χ3n) is 4.30. The fraction of sp³-hybridized carbons (Fsp3) is 0.684. The average Bonchev–Trinajstić information content (AvgIpc) is 3.00. The molecule has 142 valence electrons. The Morgan fingerprint density at radius 1 is 1.36 bits per heavy atom. The molecule has 0 unspecified atom stereocenters. The fourth-order valence-corrected chi connectivity index (χ4v) is 3.20. The summed E-state index contributed by atoms with van der Waals surface area (Å²) in [5, 5.41) is 6.78. The molecule has 0 aliphatic carbocycles. The Bertz CT molecular complexity index is 492. The number of pyridine rings is 1. The van der Waals surface area contributed by atoms with Crippen LogP contribution in [0.15, 0.2) is 29.4 Å². The second kappa shape index (κ2) is 12.5. The molecule has 1 aromatic rings. The van der Waals surface area contributed by atoms with Crippen LogP contribution in [0.5, 0.6) is 0 Å². The average molecular weight is 459 g/mol. The van der Waals surface area contributed by atoms with Crippen LogP contribution in [0.4, 0.5) is 0 Å². The van der Waals surface area contributed by atoms with Gasteiger partial charge in [-0.1, -0.05) is 19.9 Å². The van der Waals surface area contributed by atoms with Gasteiger partial charge in [0, 0.05) is 44.0 Å². The SMILES string of the molecule is CCNC(=NC[C@H]1CCCN1CC(C)C)NCCc1ccccn1.I. The van der Waals surface area contributed by atoms with Crippen LogP contribution in [0.25, 0.3) is 0 Å². The van der Waals surface area contributed by atoms with Gasteiger partial charge in [0.25, 0.3) is 0 Å². The van der Waals surface area contributed by atoms with E-state index in [4.69, 9.17) is 4.99 Å². The first kappa shape index (κ1) is 22.2. The van der Waals surface area contributed by atoms with Gasteiger partial charge >= 0.3 is 0 Å². The maximum Gasteiger partial charge on any atom is 0.191 e. The minimum atomic E-state index is 0. The lowest BCUT2D eigenvalue weighted by molar-refractivity contribution is 0.231. The van der Waals surface area contributed by atoms with Crippen LogP contribution in [0, 0.1) is 5.92 Å². The minimum Gasteiger partial charge on any atom is -0.357 e. The number of likely N-dealkylation sites (tertiary alicyclic amines) is 1. The van der Waals surface area contributed by atoms with E-state index in [2.05, 4.69) is 47.4 Å². The minimum absolute atomic E-state index is 0. The highest BCUT2D eigenvalue weighted by Gasteiger charge is 2.24. The van der Waals surface area contributed by atoms with E-state index < -0.39 is 0 Å². The van der Waals surface area contributed by atoms with E-state index in [9.17, 15) is 0 Å². The largest absolute Gasteiger partial charge is 0.357 e. The predicted octanol–water partition coefficient (Wildman–Crippen LogP) is 2.92. The van der Waals surface area contributed by atoms with Crippen LogP contribution >= 0.6 is 24.0 Å². The topological polar surface area (TPSA) is 52.6 Å². The zero-order valence-corrected chi connectivity index (χ0v) is 18.2. The number of rotatable bonds is 8. The molecule has 5 nitrogen and oxygen atoms in total. The second-order valence-electron chi connectivity index (χ2n) is 6.90. The van der Waals surface area contributed by atoms with Gasteiger partial charge in [-0.15, -0.1) is 24.0 Å². The number of halogens is 1. The van der Waals surface area contributed by atoms with E-state index in [1.165, 1.54) is 25.9 Å². The molecule has 25 heavy (non-hydrogen) atoms. The van der Waals surface area contributed by atoms with Crippen molar-refractivity contribution >= 4 is 29.9 Å². The third-order valence-corrected chi connectivity index (χ3v) is 4.30. The van der Waals surface area contributed by atoms with Crippen LogP contribution in [0.3, 0.4) is 0 Å². The number of guanidine groups is 1. The monoisotopic (exact) mass is 459 g/mol. The summed E-state index contributed by atoms with van der Waals surface area (Å²) in [6.07, 6.45) is 5.33. The number of nitrogens with zero attached hydrogens (tertiary/aromatic N) is 3. The van der Waals surface area contributed by atoms with Crippen molar-refractivity contribution in [1.29, 1.82) is 0 Å². The summed E-state index contributed by atoms with van der Waals surface area (Å²) in [6.45, 7) is 11.7. The zero-order valence-electron chi connectivity index (χ0n) is 15.9. The fourth-order valence-electron chi connectivity index (χ4n) is 3.20. The van der Waals surface area contributed by atoms with Crippen molar-refractivity contribution in [3.05, 3.63) is 30.1 Å². The van der Waals surface area contributed by atoms with Gasteiger partial charge in [-0.25, -0.2) is 0 Å². The normalized spacial score (nSPS) is 18.2. The number of hydrogen-bond donors (Lipinski definition) is 2. The second-order valence-corrected chi connectivity index (χ2v) is 6.90. The van der Waals surface area contributed by atoms with Crippen LogP contribution in [0.1, 0.15) is 39.3 Å². The first-order valence-corrected chi connectivity index (χ1v) is 9.35. The highest BCUT2D eigenvalue weighted by Crippen LogP contribution is 2.18. The molecule has 1 fully saturated rings. The Hall–Kier alpha value is -0.890. The smallest absolute Gasteiger partial charge is 0.191 e. The number of aliphatic imine (C=N–C) groups is 1. The molecule has 1 aliphatic rings. The van der Waals surface area contributed by atoms with Gasteiger partial charge in [0.2, 0.25) is 0 Å². The molecule has 2 rings (SSSR count). The van der Waals surface area contributed by atoms with Gasteiger partial charge in [0.05, 0.1) is 6.54 Å². The molecule has 0 amide bonds. The zero-order chi connectivity index (χ0) is 17.2. The summed E-state index contributed by atoms with van der Waals surface area (Å²) >= 11 is 0. The van der Waals surface area contributed by atoms with E-state index in [-0.39, 0.29) is 24.0 Å². The Balaban J connectivity index is 0.00000312. The van der Waals surface area contributed by atoms with Crippen LogP contribution < -0.4 is 10.6 Å². The summed E-state index contributed by atoms with van der Waals surface area (Å²) in [7, 11) is 0. The molecular formula is C19H34IN5. The van der Waals surface area contributed by atoms with Gasteiger partial charge in [-0.05, 0) is 44.4 Å². The quantitative estimate of drug-likeness (QED) is 0.357. The lowest BCUT2D eigenvalue weighted by Crippen LogP contribution is -2.40. The van der Waals surface area contributed by atoms with Crippen molar-refractivity contribution < 1.29 is 0 Å². The molecule has 0 aromatic carbocycles. The molecule has 1 atom stereocenters. The molecule has 6 heteroatoms. The number of nitrogens with one attached hydrogen (secondary N) is 2. The summed E-state index contributed by atoms with van der Waals surface area (Å²) in [5.74, 6) is 1.64. The van der Waals surface area contributed by atoms with Gasteiger partial charge < -0.3 is 10.6 Å². The molecule has 1 saturated heterocycles. The highest BCUT2D eigenvalue weighted by atomic mass is 127. The highest BCUT2D eigenvalue weighted by molar-refractivity contribution is 14.0. The van der Waals surface area contributed by atoms with Gasteiger partial charge in [-0.2, -0.15) is 0 Å². The van der Waals surface area contributed by atoms with Crippen LogP contribution in [-0.2, 0) is 6.42 Å². The van der Waals surface area contributed by atoms with Gasteiger partial charge in [-0.3, -0.25) is 14.9 Å². The predicted molar refractivity (Wildman–Crippen MR) is 117 cm³/mol. The Kier molecular flexibility index (Phi) is 11.0. The molecule has 1 aliphatic heterocycles. The van der Waals surface area contributed by atoms with Crippen molar-refractivity contribution in [2.24, 2.45) is 10.9 Å². The van der Waals surface area contributed by atoms with Crippen molar-refractivity contribution in [2.45, 2.75) is 46.1 Å². The molecule has 2 heterocycles. The standard InChI is InChI=1S/C19H33N5.HI/c1-4-20-19(22-12-10-17-8-5-6-11-21-17)23-14-18-9-7-13-24(18)15-16(2)3;/h5-6,8,11,16,18H,4,7,9-10,12-15H2,1-3H3,(H2,20,22,23);1H/t18-;/m1./s1. The van der Waals surface area contributed by atoms with Crippen molar-refractivity contribution in [2.75, 3.05) is 32.7 Å². The summed E-state index contributed by atoms with van der Waals surface area (Å²) in [4.78, 5) is 11.8. The van der Waals surface area contributed by atoms with E-state index >= 15 is 0 Å². The van der Waals surface area contributed by atoms with Crippen molar-refractivity contribution in [1.82, 2.24) is 20.5 Å². The van der Waals surface area contributed by atoms with E-state index in [1.807, 2.05) is 18.3 Å². The lowest BCUT2D eigenvalue weighted by atomic mass is 10.2.